The number of hydrogen-bond acceptors (Lipinski definition) is 4. The van der Waals surface area contributed by atoms with Crippen molar-refractivity contribution in [2.75, 3.05) is 7.11 Å². The second-order valence-corrected chi connectivity index (χ2v) is 7.62. The lowest BCUT2D eigenvalue weighted by molar-refractivity contribution is 0.408. The highest BCUT2D eigenvalue weighted by atomic mass is 79.9. The highest BCUT2D eigenvalue weighted by molar-refractivity contribution is 9.10. The molecule has 0 N–H and O–H groups in total. The summed E-state index contributed by atoms with van der Waals surface area (Å²) in [6.07, 6.45) is 0. The van der Waals surface area contributed by atoms with Gasteiger partial charge in [0.25, 0.3) is 0 Å². The molecule has 0 aliphatic heterocycles. The molecule has 5 aromatic rings. The summed E-state index contributed by atoms with van der Waals surface area (Å²) in [5, 5.41) is 0. The molecule has 0 fully saturated rings. The van der Waals surface area contributed by atoms with Gasteiger partial charge in [0.05, 0.1) is 24.7 Å². The molecule has 0 saturated carbocycles. The Kier molecular flexibility index (Phi) is 4.48. The lowest BCUT2D eigenvalue weighted by Crippen LogP contribution is -2.05. The molecule has 142 valence electrons. The van der Waals surface area contributed by atoms with E-state index in [1.807, 2.05) is 60.7 Å². The molecule has 5 nitrogen and oxygen atoms in total. The fraction of sp³-hybridized carbons (Fsp3) is 0.0870. The summed E-state index contributed by atoms with van der Waals surface area (Å²) < 4.78 is 8.67. The van der Waals surface area contributed by atoms with E-state index in [2.05, 4.69) is 32.6 Å². The maximum Gasteiger partial charge on any atom is 0.198 e. The third-order valence-electron chi connectivity index (χ3n) is 4.86. The van der Waals surface area contributed by atoms with E-state index in [9.17, 15) is 0 Å². The van der Waals surface area contributed by atoms with E-state index in [-0.39, 0.29) is 0 Å². The summed E-state index contributed by atoms with van der Waals surface area (Å²) in [5.41, 5.74) is 5.13. The van der Waals surface area contributed by atoms with Gasteiger partial charge in [0.2, 0.25) is 0 Å². The molecular weight excluding hydrogens is 428 g/mol. The molecular formula is C23H17BrN4O. The Balaban J connectivity index is 1.78. The summed E-state index contributed by atoms with van der Waals surface area (Å²) in [6, 6.07) is 24.0. The van der Waals surface area contributed by atoms with Crippen LogP contribution >= 0.6 is 15.9 Å². The van der Waals surface area contributed by atoms with Crippen LogP contribution in [0.1, 0.15) is 5.56 Å². The Morgan fingerprint density at radius 3 is 2.41 bits per heavy atom. The van der Waals surface area contributed by atoms with Crippen molar-refractivity contribution in [3.8, 4) is 17.1 Å². The summed E-state index contributed by atoms with van der Waals surface area (Å²) in [6.45, 7) is 0.579. The molecule has 29 heavy (non-hydrogen) atoms. The number of fused-ring (bicyclic) bond motifs is 2. The van der Waals surface area contributed by atoms with Crippen LogP contribution in [0.4, 0.5) is 0 Å². The molecule has 0 aliphatic carbocycles. The first-order chi connectivity index (χ1) is 14.2. The van der Waals surface area contributed by atoms with Gasteiger partial charge in [-0.1, -0.05) is 58.4 Å². The van der Waals surface area contributed by atoms with Crippen molar-refractivity contribution in [2.45, 2.75) is 6.54 Å². The van der Waals surface area contributed by atoms with E-state index in [4.69, 9.17) is 19.7 Å². The van der Waals surface area contributed by atoms with Crippen molar-refractivity contribution in [3.63, 3.8) is 0 Å². The summed E-state index contributed by atoms with van der Waals surface area (Å²) in [4.78, 5) is 14.5. The maximum absolute atomic E-state index is 5.56. The number of imidazole rings is 1. The Morgan fingerprint density at radius 2 is 1.62 bits per heavy atom. The first-order valence-corrected chi connectivity index (χ1v) is 10.0. The molecule has 0 spiro atoms. The topological polar surface area (TPSA) is 52.8 Å². The van der Waals surface area contributed by atoms with E-state index < -0.39 is 0 Å². The fourth-order valence-corrected chi connectivity index (χ4v) is 3.90. The number of ether oxygens (including phenoxy) is 1. The number of nitrogens with zero attached hydrogens (tertiary/aromatic N) is 4. The van der Waals surface area contributed by atoms with Gasteiger partial charge in [0.1, 0.15) is 11.6 Å². The highest BCUT2D eigenvalue weighted by Gasteiger charge is 2.17. The lowest BCUT2D eigenvalue weighted by atomic mass is 10.1. The first-order valence-electron chi connectivity index (χ1n) is 9.24. The predicted octanol–water partition coefficient (Wildman–Crippen LogP) is 5.47. The quantitative estimate of drug-likeness (QED) is 0.368. The normalized spacial score (nSPS) is 11.2. The predicted molar refractivity (Wildman–Crippen MR) is 118 cm³/mol. The lowest BCUT2D eigenvalue weighted by Gasteiger charge is -2.12. The zero-order valence-corrected chi connectivity index (χ0v) is 17.3. The number of hydrogen-bond donors (Lipinski definition) is 0. The van der Waals surface area contributed by atoms with Crippen LogP contribution in [0.25, 0.3) is 33.7 Å². The summed E-state index contributed by atoms with van der Waals surface area (Å²) in [7, 11) is 1.69. The number of para-hydroxylation sites is 3. The van der Waals surface area contributed by atoms with E-state index in [0.29, 0.717) is 12.2 Å². The smallest absolute Gasteiger partial charge is 0.198 e. The zero-order chi connectivity index (χ0) is 19.8. The van der Waals surface area contributed by atoms with Crippen molar-refractivity contribution in [1.82, 2.24) is 19.5 Å². The largest absolute Gasteiger partial charge is 0.496 e. The van der Waals surface area contributed by atoms with E-state index in [0.717, 1.165) is 43.9 Å². The van der Waals surface area contributed by atoms with Gasteiger partial charge in [-0.2, -0.15) is 0 Å². The van der Waals surface area contributed by atoms with Gasteiger partial charge in [0.15, 0.2) is 11.3 Å². The molecule has 6 heteroatoms. The molecule has 0 aliphatic rings. The van der Waals surface area contributed by atoms with Gasteiger partial charge in [-0.15, -0.1) is 0 Å². The average molecular weight is 445 g/mol. The van der Waals surface area contributed by atoms with Crippen LogP contribution < -0.4 is 4.74 Å². The monoisotopic (exact) mass is 444 g/mol. The van der Waals surface area contributed by atoms with Crippen LogP contribution in [0, 0.1) is 0 Å². The van der Waals surface area contributed by atoms with Crippen LogP contribution in [-0.2, 0) is 6.54 Å². The minimum Gasteiger partial charge on any atom is -0.496 e. The second-order valence-electron chi connectivity index (χ2n) is 6.70. The standard InChI is InChI=1S/C23H17BrN4O/c1-29-20-12-5-2-7-16(20)14-28-22(15-8-6-9-17(24)13-15)27-21-23(28)26-19-11-4-3-10-18(19)25-21/h2-13H,14H2,1H3. The number of halogens is 1. The molecule has 2 aromatic heterocycles. The average Bonchev–Trinajstić information content (AvgIpc) is 3.10. The van der Waals surface area contributed by atoms with Gasteiger partial charge in [-0.25, -0.2) is 15.0 Å². The SMILES string of the molecule is COc1ccccc1Cn1c(-c2cccc(Br)c2)nc2nc3ccccc3nc21. The van der Waals surface area contributed by atoms with Gasteiger partial charge < -0.3 is 9.30 Å². The maximum atomic E-state index is 5.56. The van der Waals surface area contributed by atoms with Gasteiger partial charge >= 0.3 is 0 Å². The van der Waals surface area contributed by atoms with Gasteiger partial charge in [-0.3, -0.25) is 0 Å². The van der Waals surface area contributed by atoms with E-state index >= 15 is 0 Å². The Labute approximate surface area is 176 Å². The van der Waals surface area contributed by atoms with Gasteiger partial charge in [-0.05, 0) is 30.3 Å². The van der Waals surface area contributed by atoms with E-state index in [1.54, 1.807) is 7.11 Å². The van der Waals surface area contributed by atoms with Crippen molar-refractivity contribution < 1.29 is 4.74 Å². The third-order valence-corrected chi connectivity index (χ3v) is 5.35. The molecule has 0 radical (unpaired) electrons. The molecule has 0 amide bonds. The summed E-state index contributed by atoms with van der Waals surface area (Å²) >= 11 is 3.56. The minimum absolute atomic E-state index is 0.579. The Morgan fingerprint density at radius 1 is 0.862 bits per heavy atom. The molecule has 5 rings (SSSR count). The second kappa shape index (κ2) is 7.29. The molecule has 0 unspecified atom stereocenters. The highest BCUT2D eigenvalue weighted by Crippen LogP contribution is 2.29. The minimum atomic E-state index is 0.579. The van der Waals surface area contributed by atoms with Crippen molar-refractivity contribution in [3.05, 3.63) is 82.8 Å². The first kappa shape index (κ1) is 17.8. The Bertz CT molecular complexity index is 1350. The molecule has 0 atom stereocenters. The fourth-order valence-electron chi connectivity index (χ4n) is 3.50. The van der Waals surface area contributed by atoms with Crippen molar-refractivity contribution in [2.24, 2.45) is 0 Å². The van der Waals surface area contributed by atoms with Crippen LogP contribution in [0.15, 0.2) is 77.3 Å². The summed E-state index contributed by atoms with van der Waals surface area (Å²) in [5.74, 6) is 1.66. The third kappa shape index (κ3) is 3.25. The van der Waals surface area contributed by atoms with Gasteiger partial charge in [0, 0.05) is 15.6 Å². The number of benzene rings is 3. The molecule has 0 bridgehead atoms. The Hall–Kier alpha value is -3.25. The van der Waals surface area contributed by atoms with Crippen LogP contribution in [0.2, 0.25) is 0 Å². The molecule has 3 aromatic carbocycles. The number of rotatable bonds is 4. The van der Waals surface area contributed by atoms with Crippen LogP contribution in [-0.4, -0.2) is 26.6 Å². The zero-order valence-electron chi connectivity index (χ0n) is 15.7. The van der Waals surface area contributed by atoms with Crippen LogP contribution in [0.3, 0.4) is 0 Å². The number of methoxy groups -OCH3 is 1. The van der Waals surface area contributed by atoms with Crippen molar-refractivity contribution >= 4 is 38.3 Å². The van der Waals surface area contributed by atoms with E-state index in [1.165, 1.54) is 0 Å². The molecule has 0 saturated heterocycles. The molecule has 2 heterocycles. The number of aromatic nitrogens is 4. The van der Waals surface area contributed by atoms with Crippen molar-refractivity contribution in [1.29, 1.82) is 0 Å². The van der Waals surface area contributed by atoms with Crippen LogP contribution in [0.5, 0.6) is 5.75 Å².